The highest BCUT2D eigenvalue weighted by Gasteiger charge is 2.09. The van der Waals surface area contributed by atoms with Gasteiger partial charge >= 0.3 is 0 Å². The molecular weight excluding hydrogens is 512 g/mol. The number of nitrogens with one attached hydrogen (secondary N) is 2. The van der Waals surface area contributed by atoms with Gasteiger partial charge in [-0.15, -0.1) is 0 Å². The van der Waals surface area contributed by atoms with Gasteiger partial charge in [0.25, 0.3) is 0 Å². The second-order valence-electron chi connectivity index (χ2n) is 8.39. The first-order chi connectivity index (χ1) is 19.9. The molecule has 6 nitrogen and oxygen atoms in total. The number of amides is 2. The van der Waals surface area contributed by atoms with Gasteiger partial charge in [-0.3, -0.25) is 9.59 Å². The van der Waals surface area contributed by atoms with Crippen LogP contribution in [0.3, 0.4) is 0 Å². The number of carbonyl (C=O) groups excluding carboxylic acids is 2. The number of aromatic hydroxyl groups is 2. The summed E-state index contributed by atoms with van der Waals surface area (Å²) in [6, 6.07) is 26.6. The summed E-state index contributed by atoms with van der Waals surface area (Å²) in [6.07, 6.45) is 0.447. The predicted molar refractivity (Wildman–Crippen MR) is 172 cm³/mol. The number of rotatable bonds is 7. The second-order valence-corrected chi connectivity index (χ2v) is 8.39. The smallest absolute Gasteiger partial charge is 0.228 e. The van der Waals surface area contributed by atoms with Crippen molar-refractivity contribution in [2.24, 2.45) is 0 Å². The number of hydrogen-bond acceptors (Lipinski definition) is 4. The van der Waals surface area contributed by atoms with Crippen molar-refractivity contribution in [2.75, 3.05) is 10.6 Å². The molecule has 0 aliphatic heterocycles. The van der Waals surface area contributed by atoms with Crippen molar-refractivity contribution in [2.45, 2.75) is 61.3 Å². The van der Waals surface area contributed by atoms with Crippen LogP contribution in [0.5, 0.6) is 11.5 Å². The first kappa shape index (κ1) is 34.4. The van der Waals surface area contributed by atoms with Gasteiger partial charge in [-0.05, 0) is 83.3 Å². The van der Waals surface area contributed by atoms with Gasteiger partial charge in [-0.25, -0.2) is 0 Å². The molecule has 0 atom stereocenters. The van der Waals surface area contributed by atoms with E-state index in [1.807, 2.05) is 90.9 Å². The maximum absolute atomic E-state index is 12.4. The SMILES string of the molecule is CC.CC.CC.Cc1cc(-c2ccc(NC(=O)Cc3ccc(O)cc3)cc2)ccc1NC(=O)Cc1ccc(O)cc1. The average molecular weight is 557 g/mol. The van der Waals surface area contributed by atoms with E-state index in [1.165, 1.54) is 0 Å². The average Bonchev–Trinajstić information content (AvgIpc) is 3.00. The number of anilines is 2. The molecule has 4 aromatic rings. The largest absolute Gasteiger partial charge is 0.508 e. The van der Waals surface area contributed by atoms with E-state index in [4.69, 9.17) is 0 Å². The summed E-state index contributed by atoms with van der Waals surface area (Å²) in [5.74, 6) is 0.0835. The number of phenolic OH excluding ortho intramolecular Hbond substituents is 2. The van der Waals surface area contributed by atoms with Crippen molar-refractivity contribution < 1.29 is 19.8 Å². The highest BCUT2D eigenvalue weighted by atomic mass is 16.3. The third kappa shape index (κ3) is 11.6. The van der Waals surface area contributed by atoms with E-state index in [1.54, 1.807) is 48.5 Å². The summed E-state index contributed by atoms with van der Waals surface area (Å²) in [5, 5.41) is 24.6. The van der Waals surface area contributed by atoms with Gasteiger partial charge in [0, 0.05) is 11.4 Å². The number of carbonyl (C=O) groups is 2. The Morgan fingerprint density at radius 2 is 0.976 bits per heavy atom. The van der Waals surface area contributed by atoms with Crippen molar-refractivity contribution in [3.8, 4) is 22.6 Å². The van der Waals surface area contributed by atoms with Crippen LogP contribution in [0.4, 0.5) is 11.4 Å². The number of phenols is 2. The Morgan fingerprint density at radius 3 is 1.41 bits per heavy atom. The lowest BCUT2D eigenvalue weighted by Crippen LogP contribution is -2.15. The van der Waals surface area contributed by atoms with E-state index in [2.05, 4.69) is 10.6 Å². The lowest BCUT2D eigenvalue weighted by Gasteiger charge is -2.11. The van der Waals surface area contributed by atoms with Crippen LogP contribution in [0.2, 0.25) is 0 Å². The lowest BCUT2D eigenvalue weighted by molar-refractivity contribution is -0.116. The van der Waals surface area contributed by atoms with Crippen LogP contribution < -0.4 is 10.6 Å². The van der Waals surface area contributed by atoms with Crippen molar-refractivity contribution in [3.63, 3.8) is 0 Å². The van der Waals surface area contributed by atoms with Gasteiger partial charge in [-0.2, -0.15) is 0 Å². The number of benzene rings is 4. The molecular formula is C35H44N2O4. The molecule has 0 saturated heterocycles. The lowest BCUT2D eigenvalue weighted by atomic mass is 10.0. The Kier molecular flexibility index (Phi) is 15.7. The normalized spacial score (nSPS) is 9.44. The minimum absolute atomic E-state index is 0.126. The van der Waals surface area contributed by atoms with E-state index in [9.17, 15) is 19.8 Å². The van der Waals surface area contributed by atoms with Crippen molar-refractivity contribution in [1.82, 2.24) is 0 Å². The van der Waals surface area contributed by atoms with Crippen LogP contribution in [-0.4, -0.2) is 22.0 Å². The Morgan fingerprint density at radius 1 is 0.561 bits per heavy atom. The molecule has 41 heavy (non-hydrogen) atoms. The number of aryl methyl sites for hydroxylation is 1. The van der Waals surface area contributed by atoms with E-state index < -0.39 is 0 Å². The van der Waals surface area contributed by atoms with Crippen molar-refractivity contribution in [3.05, 3.63) is 108 Å². The van der Waals surface area contributed by atoms with Crippen LogP contribution >= 0.6 is 0 Å². The minimum atomic E-state index is -0.133. The zero-order chi connectivity index (χ0) is 30.8. The first-order valence-electron chi connectivity index (χ1n) is 14.2. The zero-order valence-electron chi connectivity index (χ0n) is 25.3. The molecule has 0 spiro atoms. The summed E-state index contributed by atoms with van der Waals surface area (Å²) in [5.41, 5.74) is 6.02. The van der Waals surface area contributed by atoms with Gasteiger partial charge in [0.1, 0.15) is 11.5 Å². The molecule has 4 rings (SSSR count). The van der Waals surface area contributed by atoms with Gasteiger partial charge in [0.2, 0.25) is 11.8 Å². The maximum Gasteiger partial charge on any atom is 0.228 e. The molecule has 218 valence electrons. The van der Waals surface area contributed by atoms with Gasteiger partial charge in [0.05, 0.1) is 12.8 Å². The molecule has 0 heterocycles. The van der Waals surface area contributed by atoms with Crippen LogP contribution in [0, 0.1) is 6.92 Å². The summed E-state index contributed by atoms with van der Waals surface area (Å²) in [4.78, 5) is 24.7. The molecule has 0 bridgehead atoms. The fourth-order valence-electron chi connectivity index (χ4n) is 3.73. The quantitative estimate of drug-likeness (QED) is 0.183. The van der Waals surface area contributed by atoms with E-state index in [0.29, 0.717) is 5.69 Å². The first-order valence-corrected chi connectivity index (χ1v) is 14.2. The topological polar surface area (TPSA) is 98.7 Å². The van der Waals surface area contributed by atoms with Crippen LogP contribution in [0.1, 0.15) is 58.2 Å². The Balaban J connectivity index is 0.00000131. The molecule has 0 aromatic heterocycles. The van der Waals surface area contributed by atoms with Gasteiger partial charge in [0.15, 0.2) is 0 Å². The summed E-state index contributed by atoms with van der Waals surface area (Å²) in [6.45, 7) is 13.9. The van der Waals surface area contributed by atoms with Crippen molar-refractivity contribution in [1.29, 1.82) is 0 Å². The summed E-state index contributed by atoms with van der Waals surface area (Å²) >= 11 is 0. The van der Waals surface area contributed by atoms with E-state index >= 15 is 0 Å². The molecule has 0 radical (unpaired) electrons. The molecule has 0 aliphatic rings. The third-order valence-corrected chi connectivity index (χ3v) is 5.60. The Hall–Kier alpha value is -4.58. The van der Waals surface area contributed by atoms with Crippen LogP contribution in [0.25, 0.3) is 11.1 Å². The third-order valence-electron chi connectivity index (χ3n) is 5.60. The molecule has 0 unspecified atom stereocenters. The summed E-state index contributed by atoms with van der Waals surface area (Å²) in [7, 11) is 0. The molecule has 6 heteroatoms. The Bertz CT molecular complexity index is 1330. The maximum atomic E-state index is 12.4. The molecule has 2 amide bonds. The van der Waals surface area contributed by atoms with Gasteiger partial charge in [-0.1, -0.05) is 84.0 Å². The fourth-order valence-corrected chi connectivity index (χ4v) is 3.73. The van der Waals surface area contributed by atoms with Gasteiger partial charge < -0.3 is 20.8 Å². The minimum Gasteiger partial charge on any atom is -0.508 e. The van der Waals surface area contributed by atoms with E-state index in [0.717, 1.165) is 33.5 Å². The van der Waals surface area contributed by atoms with E-state index in [-0.39, 0.29) is 36.2 Å². The highest BCUT2D eigenvalue weighted by Crippen LogP contribution is 2.26. The number of hydrogen-bond donors (Lipinski definition) is 4. The predicted octanol–water partition coefficient (Wildman–Crippen LogP) is 8.51. The van der Waals surface area contributed by atoms with Crippen LogP contribution in [0.15, 0.2) is 91.0 Å². The molecule has 4 N–H and O–H groups in total. The molecule has 4 aromatic carbocycles. The molecule has 0 aliphatic carbocycles. The van der Waals surface area contributed by atoms with Crippen LogP contribution in [-0.2, 0) is 22.4 Å². The second kappa shape index (κ2) is 18.7. The zero-order valence-corrected chi connectivity index (χ0v) is 25.3. The highest BCUT2D eigenvalue weighted by molar-refractivity contribution is 5.94. The Labute approximate surface area is 245 Å². The summed E-state index contributed by atoms with van der Waals surface area (Å²) < 4.78 is 0. The fraction of sp³-hybridized carbons (Fsp3) is 0.257. The molecule has 0 saturated carbocycles. The van der Waals surface area contributed by atoms with Crippen molar-refractivity contribution >= 4 is 23.2 Å². The molecule has 0 fully saturated rings. The monoisotopic (exact) mass is 556 g/mol. The standard InChI is InChI=1S/C29H26N2O4.3C2H6/c1-19-16-23(8-15-27(19)31-29(35)18-21-4-13-26(33)14-5-21)22-6-9-24(10-7-22)30-28(34)17-20-2-11-25(32)12-3-20;3*1-2/h2-16,32-33H,17-18H2,1H3,(H,30,34)(H,31,35);3*1-2H3.